The third-order valence-corrected chi connectivity index (χ3v) is 6.22. The number of nitrogens with zero attached hydrogens (tertiary/aromatic N) is 3. The van der Waals surface area contributed by atoms with Crippen molar-refractivity contribution in [1.82, 2.24) is 9.88 Å². The molecule has 4 rings (SSSR count). The molecule has 1 fully saturated rings. The standard InChI is InChI=1S/C27H29F3N4O2/c1-18-14-20(16-31)15-24-25(18)36-26(33-24)21-4-6-22(7-5-21)32-19(2)17-35-23-8-12-34(13-9-23)11-3-10-27(28,29)30/h4-7,14-15,23,32H,2-3,8-13,17H2,1H3. The Hall–Kier alpha value is -3.35. The quantitative estimate of drug-likeness (QED) is 0.367. The van der Waals surface area contributed by atoms with E-state index in [-0.39, 0.29) is 12.5 Å². The fourth-order valence-corrected chi connectivity index (χ4v) is 4.35. The van der Waals surface area contributed by atoms with E-state index >= 15 is 0 Å². The smallest absolute Gasteiger partial charge is 0.389 e. The zero-order valence-electron chi connectivity index (χ0n) is 20.2. The van der Waals surface area contributed by atoms with E-state index in [1.54, 1.807) is 12.1 Å². The maximum absolute atomic E-state index is 12.3. The summed E-state index contributed by atoms with van der Waals surface area (Å²) in [6.45, 7) is 8.25. The molecule has 0 atom stereocenters. The first-order valence-corrected chi connectivity index (χ1v) is 12.0. The molecule has 2 heterocycles. The van der Waals surface area contributed by atoms with Crippen molar-refractivity contribution in [2.24, 2.45) is 0 Å². The maximum atomic E-state index is 12.3. The SMILES string of the molecule is C=C(COC1CCN(CCCC(F)(F)F)CC1)Nc1ccc(-c2nc3cc(C#N)cc(C)c3o2)cc1. The summed E-state index contributed by atoms with van der Waals surface area (Å²) in [4.78, 5) is 6.60. The average Bonchev–Trinajstić information content (AvgIpc) is 3.28. The molecule has 190 valence electrons. The highest BCUT2D eigenvalue weighted by Gasteiger charge is 2.27. The Bertz CT molecular complexity index is 1240. The van der Waals surface area contributed by atoms with E-state index in [4.69, 9.17) is 14.4 Å². The molecule has 0 saturated carbocycles. The normalized spacial score (nSPS) is 15.2. The molecule has 9 heteroatoms. The summed E-state index contributed by atoms with van der Waals surface area (Å²) in [6, 6.07) is 13.2. The van der Waals surface area contributed by atoms with Gasteiger partial charge >= 0.3 is 6.18 Å². The lowest BCUT2D eigenvalue weighted by Gasteiger charge is -2.32. The molecule has 0 aliphatic carbocycles. The van der Waals surface area contributed by atoms with Gasteiger partial charge in [-0.05, 0) is 74.7 Å². The van der Waals surface area contributed by atoms with Gasteiger partial charge < -0.3 is 19.4 Å². The molecular formula is C27H29F3N4O2. The van der Waals surface area contributed by atoms with Crippen molar-refractivity contribution in [3.8, 4) is 17.5 Å². The number of hydrogen-bond acceptors (Lipinski definition) is 6. The Morgan fingerprint density at radius 2 is 1.97 bits per heavy atom. The second-order valence-electron chi connectivity index (χ2n) is 9.15. The molecule has 0 radical (unpaired) electrons. The predicted octanol–water partition coefficient (Wildman–Crippen LogP) is 6.42. The van der Waals surface area contributed by atoms with Gasteiger partial charge in [0, 0.05) is 36.5 Å². The van der Waals surface area contributed by atoms with Gasteiger partial charge in [0.15, 0.2) is 5.58 Å². The van der Waals surface area contributed by atoms with Gasteiger partial charge in [0.25, 0.3) is 0 Å². The van der Waals surface area contributed by atoms with E-state index in [2.05, 4.69) is 27.8 Å². The zero-order chi connectivity index (χ0) is 25.7. The van der Waals surface area contributed by atoms with Crippen LogP contribution in [0.15, 0.2) is 53.1 Å². The van der Waals surface area contributed by atoms with Gasteiger partial charge in [0.05, 0.1) is 24.3 Å². The summed E-state index contributed by atoms with van der Waals surface area (Å²) in [5.41, 5.74) is 5.13. The zero-order valence-corrected chi connectivity index (χ0v) is 20.2. The van der Waals surface area contributed by atoms with Crippen LogP contribution in [0.3, 0.4) is 0 Å². The van der Waals surface area contributed by atoms with Gasteiger partial charge in [-0.2, -0.15) is 18.4 Å². The van der Waals surface area contributed by atoms with Crippen molar-refractivity contribution in [1.29, 1.82) is 5.26 Å². The van der Waals surface area contributed by atoms with Gasteiger partial charge in [-0.15, -0.1) is 0 Å². The van der Waals surface area contributed by atoms with Crippen molar-refractivity contribution in [3.63, 3.8) is 0 Å². The Labute approximate surface area is 208 Å². The van der Waals surface area contributed by atoms with Crippen LogP contribution in [0.5, 0.6) is 0 Å². The number of aryl methyl sites for hydroxylation is 1. The Morgan fingerprint density at radius 1 is 1.25 bits per heavy atom. The first-order valence-electron chi connectivity index (χ1n) is 12.0. The number of anilines is 1. The Morgan fingerprint density at radius 3 is 2.64 bits per heavy atom. The van der Waals surface area contributed by atoms with Gasteiger partial charge in [-0.25, -0.2) is 4.98 Å². The van der Waals surface area contributed by atoms with E-state index in [1.165, 1.54) is 0 Å². The van der Waals surface area contributed by atoms with Crippen LogP contribution in [0.4, 0.5) is 18.9 Å². The molecule has 3 aromatic rings. The summed E-state index contributed by atoms with van der Waals surface area (Å²) in [5, 5.41) is 12.4. The first-order chi connectivity index (χ1) is 17.2. The first kappa shape index (κ1) is 25.7. The van der Waals surface area contributed by atoms with Crippen molar-refractivity contribution in [2.75, 3.05) is 31.6 Å². The number of likely N-dealkylation sites (tertiary alicyclic amines) is 1. The molecule has 1 N–H and O–H groups in total. The summed E-state index contributed by atoms with van der Waals surface area (Å²) >= 11 is 0. The van der Waals surface area contributed by atoms with E-state index in [0.29, 0.717) is 35.7 Å². The highest BCUT2D eigenvalue weighted by molar-refractivity contribution is 5.81. The number of ether oxygens (including phenoxy) is 1. The molecular weight excluding hydrogens is 469 g/mol. The molecule has 0 amide bonds. The second-order valence-corrected chi connectivity index (χ2v) is 9.15. The van der Waals surface area contributed by atoms with Crippen LogP contribution in [0, 0.1) is 18.3 Å². The molecule has 0 bridgehead atoms. The summed E-state index contributed by atoms with van der Waals surface area (Å²) in [5.74, 6) is 0.488. The van der Waals surface area contributed by atoms with Crippen molar-refractivity contribution in [2.45, 2.75) is 44.9 Å². The minimum Gasteiger partial charge on any atom is -0.436 e. The predicted molar refractivity (Wildman–Crippen MR) is 132 cm³/mol. The number of fused-ring (bicyclic) bond motifs is 1. The highest BCUT2D eigenvalue weighted by Crippen LogP contribution is 2.28. The number of nitriles is 1. The van der Waals surface area contributed by atoms with Crippen LogP contribution in [0.25, 0.3) is 22.6 Å². The molecule has 1 saturated heterocycles. The molecule has 1 aromatic heterocycles. The number of alkyl halides is 3. The number of hydrogen-bond donors (Lipinski definition) is 1. The van der Waals surface area contributed by atoms with Gasteiger partial charge in [0.1, 0.15) is 5.52 Å². The topological polar surface area (TPSA) is 74.3 Å². The Balaban J connectivity index is 1.23. The van der Waals surface area contributed by atoms with Gasteiger partial charge in [-0.3, -0.25) is 0 Å². The molecule has 6 nitrogen and oxygen atoms in total. The van der Waals surface area contributed by atoms with Crippen LogP contribution in [0.2, 0.25) is 0 Å². The lowest BCUT2D eigenvalue weighted by Crippen LogP contribution is -2.38. The van der Waals surface area contributed by atoms with Crippen LogP contribution in [0.1, 0.15) is 36.8 Å². The fraction of sp³-hybridized carbons (Fsp3) is 0.407. The van der Waals surface area contributed by atoms with E-state index in [0.717, 1.165) is 48.4 Å². The molecule has 2 aromatic carbocycles. The minimum atomic E-state index is -4.08. The molecule has 1 aliphatic rings. The molecule has 1 aliphatic heterocycles. The third kappa shape index (κ3) is 6.86. The van der Waals surface area contributed by atoms with Gasteiger partial charge in [0.2, 0.25) is 5.89 Å². The average molecular weight is 499 g/mol. The van der Waals surface area contributed by atoms with Crippen LogP contribution >= 0.6 is 0 Å². The Kier molecular flexibility index (Phi) is 7.97. The highest BCUT2D eigenvalue weighted by atomic mass is 19.4. The molecule has 0 spiro atoms. The van der Waals surface area contributed by atoms with Crippen LogP contribution in [-0.4, -0.2) is 48.4 Å². The number of oxazole rings is 1. The van der Waals surface area contributed by atoms with Crippen molar-refractivity contribution in [3.05, 3.63) is 59.8 Å². The number of rotatable bonds is 9. The second kappa shape index (κ2) is 11.1. The minimum absolute atomic E-state index is 0.0777. The largest absolute Gasteiger partial charge is 0.436 e. The number of benzene rings is 2. The number of halogens is 3. The van der Waals surface area contributed by atoms with E-state index in [9.17, 15) is 13.2 Å². The van der Waals surface area contributed by atoms with Crippen molar-refractivity contribution < 1.29 is 22.3 Å². The number of nitrogens with one attached hydrogen (secondary N) is 1. The molecule has 36 heavy (non-hydrogen) atoms. The number of piperidine rings is 1. The third-order valence-electron chi connectivity index (χ3n) is 6.22. The molecule has 0 unspecified atom stereocenters. The van der Waals surface area contributed by atoms with E-state index in [1.807, 2.05) is 31.2 Å². The van der Waals surface area contributed by atoms with Crippen LogP contribution in [-0.2, 0) is 4.74 Å². The monoisotopic (exact) mass is 498 g/mol. The van der Waals surface area contributed by atoms with Gasteiger partial charge in [-0.1, -0.05) is 6.58 Å². The summed E-state index contributed by atoms with van der Waals surface area (Å²) in [7, 11) is 0. The lowest BCUT2D eigenvalue weighted by atomic mass is 10.1. The fourth-order valence-electron chi connectivity index (χ4n) is 4.35. The summed E-state index contributed by atoms with van der Waals surface area (Å²) in [6.07, 6.45) is -2.99. The van der Waals surface area contributed by atoms with Crippen molar-refractivity contribution >= 4 is 16.8 Å². The number of aromatic nitrogens is 1. The van der Waals surface area contributed by atoms with E-state index < -0.39 is 12.6 Å². The summed E-state index contributed by atoms with van der Waals surface area (Å²) < 4.78 is 48.8. The maximum Gasteiger partial charge on any atom is 0.389 e. The van der Waals surface area contributed by atoms with Crippen LogP contribution < -0.4 is 5.32 Å². The lowest BCUT2D eigenvalue weighted by molar-refractivity contribution is -0.136.